The lowest BCUT2D eigenvalue weighted by Crippen LogP contribution is -2.30. The van der Waals surface area contributed by atoms with Gasteiger partial charge in [0.05, 0.1) is 11.2 Å². The van der Waals surface area contributed by atoms with Gasteiger partial charge in [-0.3, -0.25) is 5.10 Å². The van der Waals surface area contributed by atoms with Crippen molar-refractivity contribution in [2.45, 2.75) is 33.1 Å². The van der Waals surface area contributed by atoms with E-state index in [0.717, 1.165) is 57.9 Å². The van der Waals surface area contributed by atoms with Crippen molar-refractivity contribution in [3.8, 4) is 0 Å². The van der Waals surface area contributed by atoms with Crippen LogP contribution in [0.15, 0.2) is 67.9 Å². The summed E-state index contributed by atoms with van der Waals surface area (Å²) in [5.41, 5.74) is 7.14. The fraction of sp³-hybridized carbons (Fsp3) is 0.259. The van der Waals surface area contributed by atoms with E-state index in [1.165, 1.54) is 24.9 Å². The van der Waals surface area contributed by atoms with Gasteiger partial charge >= 0.3 is 0 Å². The second kappa shape index (κ2) is 9.69. The summed E-state index contributed by atoms with van der Waals surface area (Å²) in [4.78, 5) is 7.05. The van der Waals surface area contributed by atoms with Crippen molar-refractivity contribution < 1.29 is 0 Å². The first-order valence-corrected chi connectivity index (χ1v) is 11.2. The molecule has 1 saturated heterocycles. The van der Waals surface area contributed by atoms with Crippen LogP contribution >= 0.6 is 0 Å². The molecule has 0 radical (unpaired) electrons. The summed E-state index contributed by atoms with van der Waals surface area (Å²) in [6, 6.07) is 8.41. The number of nitrogens with zero attached hydrogens (tertiary/aromatic N) is 3. The number of aromatic amines is 1. The zero-order chi connectivity index (χ0) is 22.5. The summed E-state index contributed by atoms with van der Waals surface area (Å²) in [5.74, 6) is 0.827. The van der Waals surface area contributed by atoms with Crippen LogP contribution in [0.25, 0.3) is 22.2 Å². The molecule has 32 heavy (non-hydrogen) atoms. The highest BCUT2D eigenvalue weighted by molar-refractivity contribution is 5.95. The highest BCUT2D eigenvalue weighted by atomic mass is 15.2. The first-order valence-electron chi connectivity index (χ1n) is 11.2. The Bertz CT molecular complexity index is 1190. The highest BCUT2D eigenvalue weighted by Gasteiger charge is 2.17. The van der Waals surface area contributed by atoms with Gasteiger partial charge in [-0.25, -0.2) is 4.98 Å². The van der Waals surface area contributed by atoms with Crippen LogP contribution in [-0.4, -0.2) is 28.3 Å². The normalized spacial score (nSPS) is 14.8. The standard InChI is InChI=1S/C27H31N5/c1-5-7-11-21(6-2)22-12-13-24-23(18-22)26(31-30-24)20(4)29-27-19(3)25(14-15-28-27)32-16-9-8-10-17-32/h5-7,11-15,18H,1,4,8-10,16-17H2,2-3H3,(H,28,29)(H,30,31)/b11-7-,21-6+. The van der Waals surface area contributed by atoms with Crippen LogP contribution in [0.4, 0.5) is 11.5 Å². The molecular weight excluding hydrogens is 394 g/mol. The summed E-state index contributed by atoms with van der Waals surface area (Å²) in [7, 11) is 0. The fourth-order valence-electron chi connectivity index (χ4n) is 4.29. The van der Waals surface area contributed by atoms with E-state index in [1.54, 1.807) is 6.08 Å². The summed E-state index contributed by atoms with van der Waals surface area (Å²) in [5, 5.41) is 12.1. The topological polar surface area (TPSA) is 56.8 Å². The van der Waals surface area contributed by atoms with Crippen LogP contribution in [0, 0.1) is 6.92 Å². The van der Waals surface area contributed by atoms with E-state index >= 15 is 0 Å². The first kappa shape index (κ1) is 21.6. The van der Waals surface area contributed by atoms with Crippen LogP contribution in [0.5, 0.6) is 0 Å². The largest absolute Gasteiger partial charge is 0.371 e. The van der Waals surface area contributed by atoms with Crippen molar-refractivity contribution in [2.75, 3.05) is 23.3 Å². The average Bonchev–Trinajstić information content (AvgIpc) is 3.25. The summed E-state index contributed by atoms with van der Waals surface area (Å²) in [6.07, 6.45) is 13.6. The molecule has 1 fully saturated rings. The second-order valence-electron chi connectivity index (χ2n) is 8.13. The maximum atomic E-state index is 4.59. The molecule has 0 unspecified atom stereocenters. The van der Waals surface area contributed by atoms with Gasteiger partial charge in [-0.1, -0.05) is 43.5 Å². The van der Waals surface area contributed by atoms with Gasteiger partial charge in [-0.2, -0.15) is 5.10 Å². The molecule has 2 N–H and O–H groups in total. The Morgan fingerprint density at radius 2 is 2.00 bits per heavy atom. The molecule has 0 spiro atoms. The third kappa shape index (κ3) is 4.37. The lowest BCUT2D eigenvalue weighted by Gasteiger charge is -2.30. The lowest BCUT2D eigenvalue weighted by molar-refractivity contribution is 0.577. The van der Waals surface area contributed by atoms with Crippen LogP contribution < -0.4 is 10.2 Å². The smallest absolute Gasteiger partial charge is 0.135 e. The Balaban J connectivity index is 1.63. The lowest BCUT2D eigenvalue weighted by atomic mass is 10.0. The molecule has 2 aromatic heterocycles. The summed E-state index contributed by atoms with van der Waals surface area (Å²) in [6.45, 7) is 14.4. The van der Waals surface area contributed by atoms with Crippen LogP contribution in [0.2, 0.25) is 0 Å². The Morgan fingerprint density at radius 3 is 2.75 bits per heavy atom. The molecular formula is C27H31N5. The molecule has 3 heterocycles. The predicted molar refractivity (Wildman–Crippen MR) is 137 cm³/mol. The van der Waals surface area contributed by atoms with Crippen molar-refractivity contribution in [2.24, 2.45) is 0 Å². The molecule has 0 atom stereocenters. The van der Waals surface area contributed by atoms with Crippen molar-refractivity contribution in [3.63, 3.8) is 0 Å². The molecule has 0 aliphatic carbocycles. The van der Waals surface area contributed by atoms with Gasteiger partial charge in [0.1, 0.15) is 11.5 Å². The molecule has 1 aliphatic rings. The summed E-state index contributed by atoms with van der Waals surface area (Å²) < 4.78 is 0. The van der Waals surface area contributed by atoms with E-state index in [-0.39, 0.29) is 0 Å². The number of H-pyrrole nitrogens is 1. The maximum Gasteiger partial charge on any atom is 0.135 e. The van der Waals surface area contributed by atoms with Gasteiger partial charge in [0.25, 0.3) is 0 Å². The quantitative estimate of drug-likeness (QED) is 0.425. The average molecular weight is 426 g/mol. The molecule has 1 aliphatic heterocycles. The SMILES string of the molecule is C=C/C=C\C(=C/C)c1ccc2[nH]nc(C(=C)Nc3nccc(N4CCCCC4)c3C)c2c1. The molecule has 3 aromatic rings. The monoisotopic (exact) mass is 425 g/mol. The number of anilines is 2. The number of hydrogen-bond acceptors (Lipinski definition) is 4. The molecule has 0 amide bonds. The third-order valence-corrected chi connectivity index (χ3v) is 6.05. The van der Waals surface area contributed by atoms with Crippen LogP contribution in [0.1, 0.15) is 43.0 Å². The van der Waals surface area contributed by atoms with Gasteiger partial charge in [-0.15, -0.1) is 0 Å². The molecule has 0 saturated carbocycles. The molecule has 164 valence electrons. The van der Waals surface area contributed by atoms with Crippen LogP contribution in [0.3, 0.4) is 0 Å². The second-order valence-corrected chi connectivity index (χ2v) is 8.13. The minimum Gasteiger partial charge on any atom is -0.371 e. The number of pyridine rings is 1. The van der Waals surface area contributed by atoms with E-state index in [2.05, 4.69) is 81.9 Å². The van der Waals surface area contributed by atoms with E-state index in [9.17, 15) is 0 Å². The van der Waals surface area contributed by atoms with Crippen molar-refractivity contribution in [1.82, 2.24) is 15.2 Å². The zero-order valence-electron chi connectivity index (χ0n) is 19.0. The number of hydrogen-bond donors (Lipinski definition) is 2. The highest BCUT2D eigenvalue weighted by Crippen LogP contribution is 2.31. The predicted octanol–water partition coefficient (Wildman–Crippen LogP) is 6.48. The minimum atomic E-state index is 0.725. The number of rotatable bonds is 7. The number of aromatic nitrogens is 3. The van der Waals surface area contributed by atoms with Crippen molar-refractivity contribution in [3.05, 3.63) is 84.7 Å². The Kier molecular flexibility index (Phi) is 6.55. The molecule has 0 bridgehead atoms. The zero-order valence-corrected chi connectivity index (χ0v) is 19.0. The van der Waals surface area contributed by atoms with Gasteiger partial charge in [0, 0.05) is 35.9 Å². The molecule has 5 heteroatoms. The first-order chi connectivity index (χ1) is 15.6. The number of benzene rings is 1. The molecule has 1 aromatic carbocycles. The Labute approximate surface area is 190 Å². The number of piperidine rings is 1. The third-order valence-electron chi connectivity index (χ3n) is 6.05. The van der Waals surface area contributed by atoms with Crippen LogP contribution in [-0.2, 0) is 0 Å². The summed E-state index contributed by atoms with van der Waals surface area (Å²) >= 11 is 0. The van der Waals surface area contributed by atoms with Gasteiger partial charge in [0.2, 0.25) is 0 Å². The van der Waals surface area contributed by atoms with E-state index in [1.807, 2.05) is 19.2 Å². The fourth-order valence-corrected chi connectivity index (χ4v) is 4.29. The van der Waals surface area contributed by atoms with Gasteiger partial charge in [0.15, 0.2) is 0 Å². The van der Waals surface area contributed by atoms with Crippen molar-refractivity contribution >= 4 is 33.7 Å². The Morgan fingerprint density at radius 1 is 1.19 bits per heavy atom. The molecule has 4 rings (SSSR count). The van der Waals surface area contributed by atoms with E-state index in [0.29, 0.717) is 0 Å². The van der Waals surface area contributed by atoms with Crippen molar-refractivity contribution in [1.29, 1.82) is 0 Å². The van der Waals surface area contributed by atoms with E-state index in [4.69, 9.17) is 0 Å². The molecule has 5 nitrogen and oxygen atoms in total. The maximum absolute atomic E-state index is 4.59. The number of allylic oxidation sites excluding steroid dienone is 5. The van der Waals surface area contributed by atoms with E-state index < -0.39 is 0 Å². The van der Waals surface area contributed by atoms with Gasteiger partial charge < -0.3 is 10.2 Å². The van der Waals surface area contributed by atoms with Gasteiger partial charge in [-0.05, 0) is 62.4 Å². The number of fused-ring (bicyclic) bond motifs is 1. The number of nitrogens with one attached hydrogen (secondary N) is 2. The Hall–Kier alpha value is -3.60. The minimum absolute atomic E-state index is 0.725.